The van der Waals surface area contributed by atoms with Gasteiger partial charge in [0.25, 0.3) is 5.91 Å². The average Bonchev–Trinajstić information content (AvgIpc) is 2.95. The molecule has 0 unspecified atom stereocenters. The van der Waals surface area contributed by atoms with Crippen LogP contribution in [0.2, 0.25) is 0 Å². The molecule has 2 atom stereocenters. The van der Waals surface area contributed by atoms with Crippen LogP contribution in [0.3, 0.4) is 0 Å². The molecule has 2 N–H and O–H groups in total. The number of aromatic nitrogens is 1. The smallest absolute Gasteiger partial charge is 0.267 e. The maximum absolute atomic E-state index is 11.7. The van der Waals surface area contributed by atoms with E-state index in [1.165, 1.54) is 12.0 Å². The van der Waals surface area contributed by atoms with Crippen molar-refractivity contribution in [1.82, 2.24) is 10.3 Å². The van der Waals surface area contributed by atoms with E-state index in [2.05, 4.69) is 23.8 Å². The van der Waals surface area contributed by atoms with Gasteiger partial charge in [0, 0.05) is 12.7 Å². The Kier molecular flexibility index (Phi) is 3.67. The molecule has 0 bridgehead atoms. The summed E-state index contributed by atoms with van der Waals surface area (Å²) in [5, 5.41) is 2.98. The molecule has 17 heavy (non-hydrogen) atoms. The van der Waals surface area contributed by atoms with E-state index >= 15 is 0 Å². The molecule has 2 rings (SSSR count). The van der Waals surface area contributed by atoms with Crippen molar-refractivity contribution in [2.75, 3.05) is 6.54 Å². The zero-order chi connectivity index (χ0) is 12.3. The van der Waals surface area contributed by atoms with Crippen LogP contribution >= 0.6 is 0 Å². The summed E-state index contributed by atoms with van der Waals surface area (Å²) in [7, 11) is 0. The quantitative estimate of drug-likeness (QED) is 0.770. The molecular weight excluding hydrogens is 212 g/mol. The molecule has 0 radical (unpaired) electrons. The molecule has 1 fully saturated rings. The molecule has 3 heteroatoms. The molecule has 0 aliphatic heterocycles. The number of carbonyl (C=O) groups is 1. The summed E-state index contributed by atoms with van der Waals surface area (Å²) in [5.74, 6) is 1.19. The SMILES string of the molecule is C=C1CC[C@@H]([C@@H](C)CNC(=O)c2ccc[nH]2)C1. The van der Waals surface area contributed by atoms with Crippen molar-refractivity contribution in [3.63, 3.8) is 0 Å². The van der Waals surface area contributed by atoms with E-state index in [4.69, 9.17) is 0 Å². The first-order valence-electron chi connectivity index (χ1n) is 6.25. The topological polar surface area (TPSA) is 44.9 Å². The molecule has 1 aliphatic rings. The number of H-pyrrole nitrogens is 1. The van der Waals surface area contributed by atoms with Gasteiger partial charge in [-0.1, -0.05) is 19.1 Å². The fraction of sp³-hybridized carbons (Fsp3) is 0.500. The molecule has 1 saturated carbocycles. The van der Waals surface area contributed by atoms with E-state index in [9.17, 15) is 4.79 Å². The van der Waals surface area contributed by atoms with Crippen molar-refractivity contribution in [2.24, 2.45) is 11.8 Å². The van der Waals surface area contributed by atoms with Gasteiger partial charge in [-0.25, -0.2) is 0 Å². The second-order valence-electron chi connectivity index (χ2n) is 5.02. The van der Waals surface area contributed by atoms with Crippen LogP contribution in [0.15, 0.2) is 30.5 Å². The van der Waals surface area contributed by atoms with E-state index in [1.54, 1.807) is 12.3 Å². The van der Waals surface area contributed by atoms with Crippen molar-refractivity contribution in [3.8, 4) is 0 Å². The Hall–Kier alpha value is -1.51. The van der Waals surface area contributed by atoms with Crippen LogP contribution in [0.25, 0.3) is 0 Å². The summed E-state index contributed by atoms with van der Waals surface area (Å²) in [5.41, 5.74) is 1.99. The predicted octanol–water partition coefficient (Wildman–Crippen LogP) is 2.74. The average molecular weight is 232 g/mol. The monoisotopic (exact) mass is 232 g/mol. The fourth-order valence-corrected chi connectivity index (χ4v) is 2.44. The van der Waals surface area contributed by atoms with E-state index < -0.39 is 0 Å². The minimum atomic E-state index is -0.0151. The zero-order valence-electron chi connectivity index (χ0n) is 10.3. The summed E-state index contributed by atoms with van der Waals surface area (Å²) >= 11 is 0. The highest BCUT2D eigenvalue weighted by Gasteiger charge is 2.23. The third-order valence-corrected chi connectivity index (χ3v) is 3.65. The van der Waals surface area contributed by atoms with Crippen LogP contribution in [-0.4, -0.2) is 17.4 Å². The van der Waals surface area contributed by atoms with Crippen LogP contribution in [0.4, 0.5) is 0 Å². The molecule has 1 aromatic heterocycles. The first-order chi connectivity index (χ1) is 8.16. The first-order valence-corrected chi connectivity index (χ1v) is 6.25. The number of nitrogens with one attached hydrogen (secondary N) is 2. The second-order valence-corrected chi connectivity index (χ2v) is 5.02. The fourth-order valence-electron chi connectivity index (χ4n) is 2.44. The summed E-state index contributed by atoms with van der Waals surface area (Å²) in [4.78, 5) is 14.6. The Labute approximate surface area is 102 Å². The van der Waals surface area contributed by atoms with Crippen molar-refractivity contribution < 1.29 is 4.79 Å². The van der Waals surface area contributed by atoms with Gasteiger partial charge in [-0.3, -0.25) is 4.79 Å². The molecule has 1 amide bonds. The molecular formula is C14H20N2O. The van der Waals surface area contributed by atoms with E-state index in [0.717, 1.165) is 19.4 Å². The van der Waals surface area contributed by atoms with Gasteiger partial charge in [-0.2, -0.15) is 0 Å². The highest BCUT2D eigenvalue weighted by Crippen LogP contribution is 2.33. The normalized spacial score (nSPS) is 21.5. The highest BCUT2D eigenvalue weighted by molar-refractivity contribution is 5.92. The van der Waals surface area contributed by atoms with Crippen LogP contribution in [0.1, 0.15) is 36.7 Å². The second kappa shape index (κ2) is 5.21. The molecule has 3 nitrogen and oxygen atoms in total. The van der Waals surface area contributed by atoms with Crippen molar-refractivity contribution in [2.45, 2.75) is 26.2 Å². The van der Waals surface area contributed by atoms with Gasteiger partial charge in [0.05, 0.1) is 0 Å². The number of aromatic amines is 1. The summed E-state index contributed by atoms with van der Waals surface area (Å²) in [6, 6.07) is 3.62. The van der Waals surface area contributed by atoms with Crippen LogP contribution in [0, 0.1) is 11.8 Å². The lowest BCUT2D eigenvalue weighted by molar-refractivity contribution is 0.0939. The van der Waals surface area contributed by atoms with Crippen LogP contribution < -0.4 is 5.32 Å². The molecule has 0 saturated heterocycles. The maximum atomic E-state index is 11.7. The van der Waals surface area contributed by atoms with E-state index in [1.807, 2.05) is 6.07 Å². The molecule has 1 aliphatic carbocycles. The minimum absolute atomic E-state index is 0.0151. The highest BCUT2D eigenvalue weighted by atomic mass is 16.1. The lowest BCUT2D eigenvalue weighted by atomic mass is 9.92. The minimum Gasteiger partial charge on any atom is -0.357 e. The van der Waals surface area contributed by atoms with Crippen LogP contribution in [0.5, 0.6) is 0 Å². The number of amides is 1. The Balaban J connectivity index is 1.78. The predicted molar refractivity (Wildman–Crippen MR) is 68.8 cm³/mol. The first kappa shape index (κ1) is 12.0. The van der Waals surface area contributed by atoms with Gasteiger partial charge < -0.3 is 10.3 Å². The largest absolute Gasteiger partial charge is 0.357 e. The Bertz CT molecular complexity index is 394. The number of hydrogen-bond acceptors (Lipinski definition) is 1. The lowest BCUT2D eigenvalue weighted by Gasteiger charge is -2.18. The van der Waals surface area contributed by atoms with Crippen LogP contribution in [-0.2, 0) is 0 Å². The molecule has 1 aromatic rings. The number of rotatable bonds is 4. The van der Waals surface area contributed by atoms with Crippen molar-refractivity contribution in [1.29, 1.82) is 0 Å². The summed E-state index contributed by atoms with van der Waals surface area (Å²) in [6.45, 7) is 6.98. The third kappa shape index (κ3) is 2.99. The summed E-state index contributed by atoms with van der Waals surface area (Å²) < 4.78 is 0. The molecule has 0 spiro atoms. The summed E-state index contributed by atoms with van der Waals surface area (Å²) in [6.07, 6.45) is 5.26. The van der Waals surface area contributed by atoms with Gasteiger partial charge in [0.2, 0.25) is 0 Å². The molecule has 0 aromatic carbocycles. The van der Waals surface area contributed by atoms with E-state index in [-0.39, 0.29) is 5.91 Å². The lowest BCUT2D eigenvalue weighted by Crippen LogP contribution is -2.31. The van der Waals surface area contributed by atoms with Gasteiger partial charge in [0.15, 0.2) is 0 Å². The van der Waals surface area contributed by atoms with Crippen molar-refractivity contribution >= 4 is 5.91 Å². The number of hydrogen-bond donors (Lipinski definition) is 2. The van der Waals surface area contributed by atoms with Gasteiger partial charge in [0.1, 0.15) is 5.69 Å². The maximum Gasteiger partial charge on any atom is 0.267 e. The van der Waals surface area contributed by atoms with Crippen molar-refractivity contribution in [3.05, 3.63) is 36.2 Å². The van der Waals surface area contributed by atoms with Gasteiger partial charge >= 0.3 is 0 Å². The number of allylic oxidation sites excluding steroid dienone is 1. The number of carbonyl (C=O) groups excluding carboxylic acids is 1. The van der Waals surface area contributed by atoms with E-state index in [0.29, 0.717) is 17.5 Å². The van der Waals surface area contributed by atoms with Gasteiger partial charge in [-0.05, 0) is 43.2 Å². The Morgan fingerprint density at radius 2 is 2.53 bits per heavy atom. The molecule has 92 valence electrons. The van der Waals surface area contributed by atoms with Gasteiger partial charge in [-0.15, -0.1) is 0 Å². The Morgan fingerprint density at radius 3 is 3.12 bits per heavy atom. The zero-order valence-corrected chi connectivity index (χ0v) is 10.3. The standard InChI is InChI=1S/C14H20N2O/c1-10-5-6-12(8-10)11(2)9-16-14(17)13-4-3-7-15-13/h3-4,7,11-12,15H,1,5-6,8-9H2,2H3,(H,16,17)/t11-,12+/m0/s1. The third-order valence-electron chi connectivity index (χ3n) is 3.65. The molecule has 1 heterocycles. The Morgan fingerprint density at radius 1 is 1.71 bits per heavy atom.